The molecule has 0 spiro atoms. The van der Waals surface area contributed by atoms with Crippen molar-refractivity contribution in [3.8, 4) is 0 Å². The predicted molar refractivity (Wildman–Crippen MR) is 53.5 cm³/mol. The second-order valence-corrected chi connectivity index (χ2v) is 3.54. The van der Waals surface area contributed by atoms with Crippen LogP contribution in [0.15, 0.2) is 0 Å². The van der Waals surface area contributed by atoms with Gasteiger partial charge in [0.15, 0.2) is 0 Å². The number of methoxy groups -OCH3 is 1. The fourth-order valence-electron chi connectivity index (χ4n) is 1.11. The number of nitrogens with one attached hydrogen (secondary N) is 1. The van der Waals surface area contributed by atoms with Crippen molar-refractivity contribution in [2.45, 2.75) is 45.6 Å². The van der Waals surface area contributed by atoms with E-state index in [2.05, 4.69) is 26.1 Å². The summed E-state index contributed by atoms with van der Waals surface area (Å²) >= 11 is 0. The minimum Gasteiger partial charge on any atom is -0.385 e. The lowest BCUT2D eigenvalue weighted by molar-refractivity contribution is 0.189. The van der Waals surface area contributed by atoms with Crippen molar-refractivity contribution >= 4 is 0 Å². The van der Waals surface area contributed by atoms with E-state index in [9.17, 15) is 0 Å². The molecule has 0 fully saturated rings. The van der Waals surface area contributed by atoms with Gasteiger partial charge in [-0.25, -0.2) is 0 Å². The fraction of sp³-hybridized carbons (Fsp3) is 1.00. The molecule has 0 aliphatic rings. The van der Waals surface area contributed by atoms with Gasteiger partial charge in [0.1, 0.15) is 0 Å². The molecule has 12 heavy (non-hydrogen) atoms. The second-order valence-electron chi connectivity index (χ2n) is 3.54. The van der Waals surface area contributed by atoms with E-state index >= 15 is 0 Å². The average molecular weight is 173 g/mol. The Bertz CT molecular complexity index is 100. The molecule has 0 aromatic carbocycles. The molecular formula is C10H23NO. The van der Waals surface area contributed by atoms with E-state index in [0.29, 0.717) is 5.54 Å². The molecule has 74 valence electrons. The summed E-state index contributed by atoms with van der Waals surface area (Å²) in [5.41, 5.74) is 0.327. The Balaban J connectivity index is 3.45. The molecule has 0 aliphatic carbocycles. The Morgan fingerprint density at radius 3 is 2.25 bits per heavy atom. The highest BCUT2D eigenvalue weighted by Crippen LogP contribution is 2.12. The average Bonchev–Trinajstić information content (AvgIpc) is 2.12. The van der Waals surface area contributed by atoms with E-state index in [1.807, 2.05) is 0 Å². The second kappa shape index (κ2) is 6.44. The van der Waals surface area contributed by atoms with Gasteiger partial charge < -0.3 is 10.1 Å². The normalized spacial score (nSPS) is 12.0. The molecule has 0 aromatic rings. The highest BCUT2D eigenvalue weighted by atomic mass is 16.5. The highest BCUT2D eigenvalue weighted by Gasteiger charge is 2.17. The molecule has 0 radical (unpaired) electrons. The first-order valence-electron chi connectivity index (χ1n) is 4.92. The monoisotopic (exact) mass is 173 g/mol. The summed E-state index contributed by atoms with van der Waals surface area (Å²) in [6.45, 7) is 8.65. The van der Waals surface area contributed by atoms with Crippen LogP contribution in [-0.2, 0) is 4.74 Å². The van der Waals surface area contributed by atoms with Crippen molar-refractivity contribution in [2.75, 3.05) is 20.3 Å². The van der Waals surface area contributed by atoms with Gasteiger partial charge in [-0.1, -0.05) is 13.8 Å². The van der Waals surface area contributed by atoms with Crippen molar-refractivity contribution in [1.29, 1.82) is 0 Å². The van der Waals surface area contributed by atoms with Gasteiger partial charge in [0.2, 0.25) is 0 Å². The molecule has 0 saturated heterocycles. The number of hydrogen-bond donors (Lipinski definition) is 1. The van der Waals surface area contributed by atoms with Crippen LogP contribution >= 0.6 is 0 Å². The standard InChI is InChI=1S/C10H23NO/c1-5-10(3,6-2)11-8-7-9-12-4/h11H,5-9H2,1-4H3. The van der Waals surface area contributed by atoms with Gasteiger partial charge in [-0.05, 0) is 32.7 Å². The molecule has 0 bridgehead atoms. The van der Waals surface area contributed by atoms with Crippen LogP contribution in [-0.4, -0.2) is 25.8 Å². The molecule has 0 heterocycles. The number of hydrogen-bond acceptors (Lipinski definition) is 2. The Kier molecular flexibility index (Phi) is 6.39. The summed E-state index contributed by atoms with van der Waals surface area (Å²) in [5, 5.41) is 3.55. The van der Waals surface area contributed by atoms with Gasteiger partial charge in [0.05, 0.1) is 0 Å². The molecular weight excluding hydrogens is 150 g/mol. The van der Waals surface area contributed by atoms with Crippen molar-refractivity contribution in [3.63, 3.8) is 0 Å². The summed E-state index contributed by atoms with van der Waals surface area (Å²) < 4.78 is 4.98. The fourth-order valence-corrected chi connectivity index (χ4v) is 1.11. The smallest absolute Gasteiger partial charge is 0.0474 e. The van der Waals surface area contributed by atoms with Gasteiger partial charge >= 0.3 is 0 Å². The maximum atomic E-state index is 4.98. The van der Waals surface area contributed by atoms with Gasteiger partial charge in [0.25, 0.3) is 0 Å². The van der Waals surface area contributed by atoms with E-state index in [1.54, 1.807) is 7.11 Å². The van der Waals surface area contributed by atoms with Crippen molar-refractivity contribution in [2.24, 2.45) is 0 Å². The Hall–Kier alpha value is -0.0800. The van der Waals surface area contributed by atoms with Crippen LogP contribution < -0.4 is 5.32 Å². The number of rotatable bonds is 7. The van der Waals surface area contributed by atoms with Crippen molar-refractivity contribution < 1.29 is 4.74 Å². The molecule has 0 aromatic heterocycles. The van der Waals surface area contributed by atoms with Gasteiger partial charge in [0, 0.05) is 19.3 Å². The van der Waals surface area contributed by atoms with E-state index in [0.717, 1.165) is 19.6 Å². The maximum absolute atomic E-state index is 4.98. The minimum atomic E-state index is 0.327. The molecule has 0 unspecified atom stereocenters. The summed E-state index contributed by atoms with van der Waals surface area (Å²) in [4.78, 5) is 0. The summed E-state index contributed by atoms with van der Waals surface area (Å²) in [7, 11) is 1.75. The molecule has 0 atom stereocenters. The van der Waals surface area contributed by atoms with Gasteiger partial charge in [-0.3, -0.25) is 0 Å². The molecule has 0 rings (SSSR count). The van der Waals surface area contributed by atoms with Crippen molar-refractivity contribution in [3.05, 3.63) is 0 Å². The van der Waals surface area contributed by atoms with E-state index in [4.69, 9.17) is 4.74 Å². The Labute approximate surface area is 76.7 Å². The van der Waals surface area contributed by atoms with Crippen LogP contribution in [0.5, 0.6) is 0 Å². The van der Waals surface area contributed by atoms with Crippen LogP contribution in [0.3, 0.4) is 0 Å². The van der Waals surface area contributed by atoms with E-state index < -0.39 is 0 Å². The SMILES string of the molecule is CCC(C)(CC)NCCCOC. The zero-order chi connectivity index (χ0) is 9.45. The largest absolute Gasteiger partial charge is 0.385 e. The van der Waals surface area contributed by atoms with Crippen LogP contribution in [0.25, 0.3) is 0 Å². The van der Waals surface area contributed by atoms with E-state index in [1.165, 1.54) is 12.8 Å². The molecule has 2 nitrogen and oxygen atoms in total. The van der Waals surface area contributed by atoms with Crippen LogP contribution in [0.4, 0.5) is 0 Å². The topological polar surface area (TPSA) is 21.3 Å². The minimum absolute atomic E-state index is 0.327. The van der Waals surface area contributed by atoms with E-state index in [-0.39, 0.29) is 0 Å². The summed E-state index contributed by atoms with van der Waals surface area (Å²) in [6.07, 6.45) is 3.49. The van der Waals surface area contributed by atoms with Crippen LogP contribution in [0.1, 0.15) is 40.0 Å². The quantitative estimate of drug-likeness (QED) is 0.596. The first-order valence-corrected chi connectivity index (χ1v) is 4.92. The third kappa shape index (κ3) is 4.73. The first-order chi connectivity index (χ1) is 5.68. The predicted octanol–water partition coefficient (Wildman–Crippen LogP) is 2.19. The zero-order valence-corrected chi connectivity index (χ0v) is 8.94. The van der Waals surface area contributed by atoms with Crippen molar-refractivity contribution in [1.82, 2.24) is 5.32 Å². The van der Waals surface area contributed by atoms with Crippen LogP contribution in [0, 0.1) is 0 Å². The number of ether oxygens (including phenoxy) is 1. The lowest BCUT2D eigenvalue weighted by atomic mass is 9.95. The van der Waals surface area contributed by atoms with Gasteiger partial charge in [-0.15, -0.1) is 0 Å². The molecule has 2 heteroatoms. The summed E-state index contributed by atoms with van der Waals surface area (Å²) in [5.74, 6) is 0. The molecule has 0 aliphatic heterocycles. The Morgan fingerprint density at radius 2 is 1.83 bits per heavy atom. The maximum Gasteiger partial charge on any atom is 0.0474 e. The molecule has 0 amide bonds. The first kappa shape index (κ1) is 11.9. The van der Waals surface area contributed by atoms with Crippen LogP contribution in [0.2, 0.25) is 0 Å². The Morgan fingerprint density at radius 1 is 1.25 bits per heavy atom. The summed E-state index contributed by atoms with van der Waals surface area (Å²) in [6, 6.07) is 0. The third-order valence-electron chi connectivity index (χ3n) is 2.64. The van der Waals surface area contributed by atoms with Gasteiger partial charge in [-0.2, -0.15) is 0 Å². The highest BCUT2D eigenvalue weighted by molar-refractivity contribution is 4.79. The third-order valence-corrected chi connectivity index (χ3v) is 2.64. The molecule has 0 saturated carbocycles. The zero-order valence-electron chi connectivity index (χ0n) is 8.94. The lowest BCUT2D eigenvalue weighted by Gasteiger charge is -2.28. The molecule has 1 N–H and O–H groups in total. The lowest BCUT2D eigenvalue weighted by Crippen LogP contribution is -2.41.